The zero-order chi connectivity index (χ0) is 19.6. The fourth-order valence-corrected chi connectivity index (χ4v) is 3.74. The van der Waals surface area contributed by atoms with Crippen molar-refractivity contribution in [3.05, 3.63) is 35.3 Å². The van der Waals surface area contributed by atoms with Crippen LogP contribution in [0.4, 0.5) is 0 Å². The van der Waals surface area contributed by atoms with Gasteiger partial charge in [0.15, 0.2) is 12.0 Å². The van der Waals surface area contributed by atoms with Crippen molar-refractivity contribution in [2.75, 3.05) is 26.9 Å². The van der Waals surface area contributed by atoms with Gasteiger partial charge < -0.3 is 18.9 Å². The molecule has 0 amide bonds. The summed E-state index contributed by atoms with van der Waals surface area (Å²) in [6.07, 6.45) is 6.40. The molecule has 1 unspecified atom stereocenters. The number of unbranched alkanes of at least 4 members (excludes halogenated alkanes) is 2. The molecule has 1 aromatic heterocycles. The van der Waals surface area contributed by atoms with Crippen LogP contribution in [0.25, 0.3) is 10.6 Å². The molecule has 1 atom stereocenters. The molecular formula is C21H27NO5S. The summed E-state index contributed by atoms with van der Waals surface area (Å²) in [5.74, 6) is 0.383. The van der Waals surface area contributed by atoms with Crippen molar-refractivity contribution in [1.82, 2.24) is 4.98 Å². The molecule has 1 aliphatic rings. The Kier molecular flexibility index (Phi) is 8.26. The van der Waals surface area contributed by atoms with Gasteiger partial charge in [0.2, 0.25) is 0 Å². The quantitative estimate of drug-likeness (QED) is 0.422. The van der Waals surface area contributed by atoms with Gasteiger partial charge in [-0.1, -0.05) is 12.1 Å². The second kappa shape index (κ2) is 11.1. The number of aromatic nitrogens is 1. The molecule has 1 aliphatic heterocycles. The second-order valence-electron chi connectivity index (χ2n) is 6.63. The fourth-order valence-electron chi connectivity index (χ4n) is 2.95. The van der Waals surface area contributed by atoms with E-state index in [0.29, 0.717) is 12.3 Å². The number of carbonyl (C=O) groups excluding carboxylic acids is 1. The highest BCUT2D eigenvalue weighted by Gasteiger charge is 2.14. The minimum atomic E-state index is -0.422. The van der Waals surface area contributed by atoms with Crippen LogP contribution in [0.3, 0.4) is 0 Å². The van der Waals surface area contributed by atoms with Gasteiger partial charge in [0.1, 0.15) is 10.8 Å². The molecule has 1 saturated heterocycles. The average molecular weight is 406 g/mol. The summed E-state index contributed by atoms with van der Waals surface area (Å²) in [5, 5.41) is 2.47. The first kappa shape index (κ1) is 20.8. The van der Waals surface area contributed by atoms with E-state index in [1.807, 2.05) is 24.3 Å². The molecule has 1 aromatic carbocycles. The average Bonchev–Trinajstić information content (AvgIpc) is 3.24. The predicted octanol–water partition coefficient (Wildman–Crippen LogP) is 4.69. The number of ether oxygens (including phenoxy) is 4. The highest BCUT2D eigenvalue weighted by atomic mass is 32.1. The van der Waals surface area contributed by atoms with Crippen LogP contribution < -0.4 is 4.74 Å². The fraction of sp³-hybridized carbons (Fsp3) is 0.524. The number of nitrogens with zero attached hydrogens (tertiary/aromatic N) is 1. The minimum Gasteiger partial charge on any atom is -0.494 e. The van der Waals surface area contributed by atoms with Crippen LogP contribution >= 0.6 is 11.3 Å². The van der Waals surface area contributed by atoms with Crippen LogP contribution in [-0.4, -0.2) is 44.2 Å². The van der Waals surface area contributed by atoms with E-state index < -0.39 is 5.97 Å². The summed E-state index contributed by atoms with van der Waals surface area (Å²) in [7, 11) is 1.35. The maximum atomic E-state index is 11.5. The first-order chi connectivity index (χ1) is 13.8. The molecule has 7 heteroatoms. The molecule has 0 bridgehead atoms. The van der Waals surface area contributed by atoms with Crippen LogP contribution in [0.5, 0.6) is 5.75 Å². The van der Waals surface area contributed by atoms with E-state index in [1.165, 1.54) is 24.9 Å². The Morgan fingerprint density at radius 2 is 2.14 bits per heavy atom. The molecule has 28 heavy (non-hydrogen) atoms. The maximum Gasteiger partial charge on any atom is 0.357 e. The highest BCUT2D eigenvalue weighted by Crippen LogP contribution is 2.27. The van der Waals surface area contributed by atoms with E-state index in [2.05, 4.69) is 4.98 Å². The van der Waals surface area contributed by atoms with Crippen molar-refractivity contribution in [2.45, 2.75) is 44.8 Å². The van der Waals surface area contributed by atoms with Crippen molar-refractivity contribution >= 4 is 17.3 Å². The van der Waals surface area contributed by atoms with Crippen molar-refractivity contribution in [3.63, 3.8) is 0 Å². The Hall–Kier alpha value is -1.96. The Bertz CT molecular complexity index is 742. The molecule has 1 fully saturated rings. The van der Waals surface area contributed by atoms with Gasteiger partial charge in [-0.05, 0) is 50.7 Å². The number of benzene rings is 1. The lowest BCUT2D eigenvalue weighted by molar-refractivity contribution is -0.162. The third kappa shape index (κ3) is 6.29. The monoisotopic (exact) mass is 405 g/mol. The van der Waals surface area contributed by atoms with Crippen molar-refractivity contribution in [1.29, 1.82) is 0 Å². The van der Waals surface area contributed by atoms with Crippen molar-refractivity contribution in [3.8, 4) is 16.3 Å². The van der Waals surface area contributed by atoms with E-state index in [-0.39, 0.29) is 6.29 Å². The lowest BCUT2D eigenvalue weighted by Gasteiger charge is -2.22. The van der Waals surface area contributed by atoms with Crippen LogP contribution in [0.2, 0.25) is 0 Å². The number of methoxy groups -OCH3 is 1. The largest absolute Gasteiger partial charge is 0.494 e. The van der Waals surface area contributed by atoms with Gasteiger partial charge in [-0.25, -0.2) is 9.78 Å². The standard InChI is InChI=1S/C21H27NO5S/c1-24-21(23)18-15-28-20(22-18)16-8-7-9-17(14-16)25-11-4-2-5-12-26-19-10-3-6-13-27-19/h7-9,14-15,19H,2-6,10-13H2,1H3. The normalized spacial score (nSPS) is 16.7. The molecule has 3 rings (SSSR count). The third-order valence-electron chi connectivity index (χ3n) is 4.48. The van der Waals surface area contributed by atoms with Gasteiger partial charge in [-0.3, -0.25) is 0 Å². The highest BCUT2D eigenvalue weighted by molar-refractivity contribution is 7.13. The Morgan fingerprint density at radius 3 is 2.96 bits per heavy atom. The zero-order valence-electron chi connectivity index (χ0n) is 16.2. The Labute approximate surface area is 169 Å². The smallest absolute Gasteiger partial charge is 0.357 e. The molecule has 6 nitrogen and oxygen atoms in total. The molecule has 0 spiro atoms. The molecule has 0 N–H and O–H groups in total. The summed E-state index contributed by atoms with van der Waals surface area (Å²) < 4.78 is 21.9. The first-order valence-corrected chi connectivity index (χ1v) is 10.6. The van der Waals surface area contributed by atoms with Gasteiger partial charge in [0.25, 0.3) is 0 Å². The molecule has 0 radical (unpaired) electrons. The minimum absolute atomic E-state index is 0.00157. The summed E-state index contributed by atoms with van der Waals surface area (Å²) in [6, 6.07) is 7.77. The Balaban J connectivity index is 1.36. The summed E-state index contributed by atoms with van der Waals surface area (Å²) in [4.78, 5) is 15.9. The van der Waals surface area contributed by atoms with Crippen LogP contribution in [0.1, 0.15) is 49.0 Å². The number of carbonyl (C=O) groups is 1. The number of thiazole rings is 1. The summed E-state index contributed by atoms with van der Waals surface area (Å²) in [6.45, 7) is 2.23. The lowest BCUT2D eigenvalue weighted by Crippen LogP contribution is -2.22. The Morgan fingerprint density at radius 1 is 1.25 bits per heavy atom. The first-order valence-electron chi connectivity index (χ1n) is 9.76. The molecular weight excluding hydrogens is 378 g/mol. The molecule has 2 aromatic rings. The van der Waals surface area contributed by atoms with E-state index in [9.17, 15) is 4.79 Å². The SMILES string of the molecule is COC(=O)c1csc(-c2cccc(OCCCCCOC3CCCCO3)c2)n1. The molecule has 152 valence electrons. The zero-order valence-corrected chi connectivity index (χ0v) is 17.0. The summed E-state index contributed by atoms with van der Waals surface area (Å²) >= 11 is 1.41. The molecule has 0 aliphatic carbocycles. The van der Waals surface area contributed by atoms with Gasteiger partial charge in [0.05, 0.1) is 13.7 Å². The van der Waals surface area contributed by atoms with Crippen molar-refractivity contribution in [2.24, 2.45) is 0 Å². The van der Waals surface area contributed by atoms with E-state index in [1.54, 1.807) is 5.38 Å². The predicted molar refractivity (Wildman–Crippen MR) is 108 cm³/mol. The van der Waals surface area contributed by atoms with Crippen LogP contribution in [-0.2, 0) is 14.2 Å². The number of hydrogen-bond donors (Lipinski definition) is 0. The lowest BCUT2D eigenvalue weighted by atomic mass is 10.2. The topological polar surface area (TPSA) is 66.9 Å². The molecule has 0 saturated carbocycles. The van der Waals surface area contributed by atoms with E-state index in [4.69, 9.17) is 18.9 Å². The van der Waals surface area contributed by atoms with Gasteiger partial charge in [-0.2, -0.15) is 0 Å². The van der Waals surface area contributed by atoms with Gasteiger partial charge >= 0.3 is 5.97 Å². The van der Waals surface area contributed by atoms with E-state index in [0.717, 1.165) is 61.6 Å². The van der Waals surface area contributed by atoms with E-state index >= 15 is 0 Å². The number of esters is 1. The second-order valence-corrected chi connectivity index (χ2v) is 7.49. The summed E-state index contributed by atoms with van der Waals surface area (Å²) in [5.41, 5.74) is 1.26. The number of hydrogen-bond acceptors (Lipinski definition) is 7. The van der Waals surface area contributed by atoms with Crippen molar-refractivity contribution < 1.29 is 23.7 Å². The van der Waals surface area contributed by atoms with Crippen LogP contribution in [0.15, 0.2) is 29.6 Å². The maximum absolute atomic E-state index is 11.5. The third-order valence-corrected chi connectivity index (χ3v) is 5.37. The number of rotatable bonds is 10. The van der Waals surface area contributed by atoms with Crippen LogP contribution in [0, 0.1) is 0 Å². The van der Waals surface area contributed by atoms with Gasteiger partial charge in [-0.15, -0.1) is 11.3 Å². The molecule has 2 heterocycles. The van der Waals surface area contributed by atoms with Gasteiger partial charge in [0, 0.05) is 24.2 Å².